The lowest BCUT2D eigenvalue weighted by Crippen LogP contribution is -2.41. The second-order valence-electron chi connectivity index (χ2n) is 5.08. The maximum absolute atomic E-state index is 5.93. The first-order chi connectivity index (χ1) is 7.84. The summed E-state index contributed by atoms with van der Waals surface area (Å²) in [6, 6.07) is 0. The Morgan fingerprint density at radius 3 is 1.94 bits per heavy atom. The largest absolute Gasteiger partial charge is 0.494 e. The van der Waals surface area contributed by atoms with Crippen LogP contribution in [0.3, 0.4) is 0 Å². The third kappa shape index (κ3) is 2.99. The molecule has 0 spiro atoms. The molecule has 1 saturated heterocycles. The van der Waals surface area contributed by atoms with Gasteiger partial charge >= 0.3 is 7.12 Å². The molecule has 0 saturated carbocycles. The highest BCUT2D eigenvalue weighted by atomic mass is 16.7. The molecular weight excluding hydrogens is 211 g/mol. The molecule has 0 aromatic rings. The molecule has 0 aromatic carbocycles. The third-order valence-corrected chi connectivity index (χ3v) is 3.30. The minimum atomic E-state index is -0.355. The van der Waals surface area contributed by atoms with Gasteiger partial charge in [-0.2, -0.15) is 0 Å². The fraction of sp³-hybridized carbons (Fsp3) is 0.429. The monoisotopic (exact) mass is 232 g/mol. The second-order valence-corrected chi connectivity index (χ2v) is 5.08. The van der Waals surface area contributed by atoms with Crippen LogP contribution in [0.4, 0.5) is 0 Å². The lowest BCUT2D eigenvalue weighted by atomic mass is 9.78. The molecule has 1 aliphatic heterocycles. The molecule has 0 aromatic heterocycles. The molecule has 1 rings (SSSR count). The first kappa shape index (κ1) is 14.0. The Morgan fingerprint density at radius 2 is 1.53 bits per heavy atom. The molecule has 1 aliphatic rings. The van der Waals surface area contributed by atoms with Crippen molar-refractivity contribution in [1.82, 2.24) is 0 Å². The first-order valence-corrected chi connectivity index (χ1v) is 5.81. The van der Waals surface area contributed by atoms with Gasteiger partial charge in [0.1, 0.15) is 0 Å². The SMILES string of the molecule is C=C/C=C\C=C(/C=C)B1OC(C)(C)C(C)(C)O1. The summed E-state index contributed by atoms with van der Waals surface area (Å²) in [5.41, 5.74) is 0.283. The fourth-order valence-corrected chi connectivity index (χ4v) is 1.47. The van der Waals surface area contributed by atoms with E-state index < -0.39 is 0 Å². The van der Waals surface area contributed by atoms with Gasteiger partial charge in [0.05, 0.1) is 11.2 Å². The number of hydrogen-bond acceptors (Lipinski definition) is 2. The average molecular weight is 232 g/mol. The summed E-state index contributed by atoms with van der Waals surface area (Å²) in [5.74, 6) is 0. The van der Waals surface area contributed by atoms with Crippen LogP contribution in [0, 0.1) is 0 Å². The van der Waals surface area contributed by atoms with Crippen LogP contribution in [-0.4, -0.2) is 18.3 Å². The molecule has 3 heteroatoms. The van der Waals surface area contributed by atoms with E-state index in [2.05, 4.69) is 13.2 Å². The van der Waals surface area contributed by atoms with Gasteiger partial charge in [0.15, 0.2) is 0 Å². The first-order valence-electron chi connectivity index (χ1n) is 5.81. The van der Waals surface area contributed by atoms with Gasteiger partial charge in [-0.1, -0.05) is 43.5 Å². The third-order valence-electron chi connectivity index (χ3n) is 3.30. The number of hydrogen-bond donors (Lipinski definition) is 0. The molecule has 17 heavy (non-hydrogen) atoms. The van der Waals surface area contributed by atoms with E-state index in [1.54, 1.807) is 12.2 Å². The number of allylic oxidation sites excluding steroid dienone is 6. The second kappa shape index (κ2) is 5.07. The predicted octanol–water partition coefficient (Wildman–Crippen LogP) is 3.47. The van der Waals surface area contributed by atoms with E-state index in [1.165, 1.54) is 0 Å². The van der Waals surface area contributed by atoms with Crippen molar-refractivity contribution < 1.29 is 9.31 Å². The minimum Gasteiger partial charge on any atom is -0.399 e. The Balaban J connectivity index is 2.88. The summed E-state index contributed by atoms with van der Waals surface area (Å²) in [5, 5.41) is 0. The molecule has 92 valence electrons. The molecule has 0 N–H and O–H groups in total. The maximum atomic E-state index is 5.93. The summed E-state index contributed by atoms with van der Waals surface area (Å²) in [6.07, 6.45) is 9.16. The van der Waals surface area contributed by atoms with Gasteiger partial charge in [-0.05, 0) is 33.2 Å². The molecule has 0 bridgehead atoms. The van der Waals surface area contributed by atoms with Gasteiger partial charge in [0.2, 0.25) is 0 Å². The van der Waals surface area contributed by atoms with Crippen molar-refractivity contribution in [3.8, 4) is 0 Å². The van der Waals surface area contributed by atoms with Crippen LogP contribution in [0.25, 0.3) is 0 Å². The van der Waals surface area contributed by atoms with Gasteiger partial charge in [0.25, 0.3) is 0 Å². The molecule has 0 unspecified atom stereocenters. The maximum Gasteiger partial charge on any atom is 0.494 e. The van der Waals surface area contributed by atoms with E-state index in [-0.39, 0.29) is 18.3 Å². The van der Waals surface area contributed by atoms with Crippen LogP contribution < -0.4 is 0 Å². The van der Waals surface area contributed by atoms with Crippen LogP contribution in [0.1, 0.15) is 27.7 Å². The molecule has 0 radical (unpaired) electrons. The van der Waals surface area contributed by atoms with Gasteiger partial charge in [0, 0.05) is 0 Å². The highest BCUT2D eigenvalue weighted by Crippen LogP contribution is 2.38. The highest BCUT2D eigenvalue weighted by molar-refractivity contribution is 6.55. The zero-order valence-corrected chi connectivity index (χ0v) is 11.2. The summed E-state index contributed by atoms with van der Waals surface area (Å²) in [7, 11) is -0.355. The fourth-order valence-electron chi connectivity index (χ4n) is 1.47. The predicted molar refractivity (Wildman–Crippen MR) is 73.7 cm³/mol. The zero-order chi connectivity index (χ0) is 13.1. The highest BCUT2D eigenvalue weighted by Gasteiger charge is 2.51. The van der Waals surface area contributed by atoms with Crippen LogP contribution >= 0.6 is 0 Å². The molecule has 0 atom stereocenters. The van der Waals surface area contributed by atoms with Gasteiger partial charge in [-0.25, -0.2) is 0 Å². The summed E-state index contributed by atoms with van der Waals surface area (Å²) < 4.78 is 11.9. The Bertz CT molecular complexity index is 348. The zero-order valence-electron chi connectivity index (χ0n) is 11.2. The van der Waals surface area contributed by atoms with E-state index in [1.807, 2.05) is 45.9 Å². The Kier molecular flexibility index (Phi) is 4.18. The lowest BCUT2D eigenvalue weighted by molar-refractivity contribution is 0.00578. The molecule has 2 nitrogen and oxygen atoms in total. The molecule has 0 amide bonds. The van der Waals surface area contributed by atoms with E-state index >= 15 is 0 Å². The molecular formula is C14H21BO2. The van der Waals surface area contributed by atoms with Gasteiger partial charge < -0.3 is 9.31 Å². The van der Waals surface area contributed by atoms with E-state index in [9.17, 15) is 0 Å². The standard InChI is InChI=1S/C14H21BO2/c1-7-9-10-11-12(8-2)15-16-13(3,4)14(5,6)17-15/h7-11H,1-2H2,3-6H3/b10-9-,12-11+. The topological polar surface area (TPSA) is 18.5 Å². The van der Waals surface area contributed by atoms with Crippen LogP contribution in [0.5, 0.6) is 0 Å². The molecule has 0 aliphatic carbocycles. The minimum absolute atomic E-state index is 0.318. The molecule has 1 fully saturated rings. The van der Waals surface area contributed by atoms with Crippen LogP contribution in [-0.2, 0) is 9.31 Å². The van der Waals surface area contributed by atoms with Crippen molar-refractivity contribution >= 4 is 7.12 Å². The Morgan fingerprint density at radius 1 is 1.00 bits per heavy atom. The Labute approximate surface area is 105 Å². The molecule has 1 heterocycles. The van der Waals surface area contributed by atoms with Crippen molar-refractivity contribution in [1.29, 1.82) is 0 Å². The van der Waals surface area contributed by atoms with Crippen molar-refractivity contribution in [2.45, 2.75) is 38.9 Å². The van der Waals surface area contributed by atoms with Crippen LogP contribution in [0.15, 0.2) is 49.0 Å². The van der Waals surface area contributed by atoms with E-state index in [0.717, 1.165) is 5.47 Å². The Hall–Kier alpha value is -1.06. The quantitative estimate of drug-likeness (QED) is 0.545. The summed E-state index contributed by atoms with van der Waals surface area (Å²) in [4.78, 5) is 0. The van der Waals surface area contributed by atoms with Crippen LogP contribution in [0.2, 0.25) is 0 Å². The summed E-state index contributed by atoms with van der Waals surface area (Å²) in [6.45, 7) is 15.6. The summed E-state index contributed by atoms with van der Waals surface area (Å²) >= 11 is 0. The van der Waals surface area contributed by atoms with Crippen molar-refractivity contribution in [3.05, 3.63) is 49.0 Å². The smallest absolute Gasteiger partial charge is 0.399 e. The van der Waals surface area contributed by atoms with Crippen molar-refractivity contribution in [2.24, 2.45) is 0 Å². The number of rotatable bonds is 4. The van der Waals surface area contributed by atoms with Crippen molar-refractivity contribution in [3.63, 3.8) is 0 Å². The average Bonchev–Trinajstić information content (AvgIpc) is 2.43. The van der Waals surface area contributed by atoms with E-state index in [4.69, 9.17) is 9.31 Å². The van der Waals surface area contributed by atoms with Crippen molar-refractivity contribution in [2.75, 3.05) is 0 Å². The van der Waals surface area contributed by atoms with Gasteiger partial charge in [-0.3, -0.25) is 0 Å². The van der Waals surface area contributed by atoms with Gasteiger partial charge in [-0.15, -0.1) is 0 Å². The lowest BCUT2D eigenvalue weighted by Gasteiger charge is -2.32. The van der Waals surface area contributed by atoms with E-state index in [0.29, 0.717) is 0 Å². The normalized spacial score (nSPS) is 23.1.